The van der Waals surface area contributed by atoms with Gasteiger partial charge in [-0.25, -0.2) is 17.2 Å². The van der Waals surface area contributed by atoms with Gasteiger partial charge in [0, 0.05) is 18.2 Å². The molecule has 1 aliphatic carbocycles. The second-order valence-electron chi connectivity index (χ2n) is 7.59. The zero-order valence-electron chi connectivity index (χ0n) is 16.3. The Bertz CT molecular complexity index is 682. The Kier molecular flexibility index (Phi) is 8.19. The fourth-order valence-electron chi connectivity index (χ4n) is 3.64. The van der Waals surface area contributed by atoms with E-state index >= 15 is 0 Å². The zero-order chi connectivity index (χ0) is 20.0. The summed E-state index contributed by atoms with van der Waals surface area (Å²) < 4.78 is 54.5. The van der Waals surface area contributed by atoms with Gasteiger partial charge in [-0.15, -0.1) is 0 Å². The molecule has 7 heteroatoms. The second kappa shape index (κ2) is 9.94. The summed E-state index contributed by atoms with van der Waals surface area (Å²) in [4.78, 5) is 0. The Morgan fingerprint density at radius 1 is 1.07 bits per heavy atom. The predicted molar refractivity (Wildman–Crippen MR) is 105 cm³/mol. The molecule has 0 aliphatic heterocycles. The summed E-state index contributed by atoms with van der Waals surface area (Å²) in [6.07, 6.45) is 5.19. The van der Waals surface area contributed by atoms with Crippen LogP contribution in [0.25, 0.3) is 0 Å². The van der Waals surface area contributed by atoms with Gasteiger partial charge < -0.3 is 11.1 Å². The molecule has 0 amide bonds. The van der Waals surface area contributed by atoms with Crippen molar-refractivity contribution in [2.75, 3.05) is 6.54 Å². The maximum absolute atomic E-state index is 13.8. The lowest BCUT2D eigenvalue weighted by Crippen LogP contribution is -2.40. The van der Waals surface area contributed by atoms with Crippen molar-refractivity contribution in [2.24, 2.45) is 5.73 Å². The van der Waals surface area contributed by atoms with Gasteiger partial charge in [-0.1, -0.05) is 26.7 Å². The van der Waals surface area contributed by atoms with Crippen LogP contribution in [0.5, 0.6) is 0 Å². The number of nitrogens with two attached hydrogens (primary N) is 1. The highest BCUT2D eigenvalue weighted by Gasteiger charge is 2.38. The van der Waals surface area contributed by atoms with Crippen molar-refractivity contribution < 1.29 is 17.2 Å². The third-order valence-electron chi connectivity index (χ3n) is 5.13. The van der Waals surface area contributed by atoms with Gasteiger partial charge in [-0.2, -0.15) is 0 Å². The third kappa shape index (κ3) is 6.22. The van der Waals surface area contributed by atoms with Gasteiger partial charge in [0.1, 0.15) is 16.9 Å². The van der Waals surface area contributed by atoms with Gasteiger partial charge in [0.2, 0.25) is 0 Å². The molecule has 0 bridgehead atoms. The topological polar surface area (TPSA) is 72.2 Å². The third-order valence-corrected chi connectivity index (χ3v) is 7.86. The minimum atomic E-state index is -3.69. The molecule has 27 heavy (non-hydrogen) atoms. The van der Waals surface area contributed by atoms with E-state index in [0.717, 1.165) is 43.9 Å². The van der Waals surface area contributed by atoms with Gasteiger partial charge in [-0.05, 0) is 56.3 Å². The molecule has 0 saturated heterocycles. The molecule has 1 fully saturated rings. The predicted octanol–water partition coefficient (Wildman–Crippen LogP) is 3.86. The highest BCUT2D eigenvalue weighted by molar-refractivity contribution is 7.92. The van der Waals surface area contributed by atoms with Crippen LogP contribution in [0.2, 0.25) is 0 Å². The first kappa shape index (κ1) is 22.2. The maximum Gasteiger partial charge on any atom is 0.161 e. The molecular formula is C20H32F2N2O2S. The highest BCUT2D eigenvalue weighted by Crippen LogP contribution is 2.34. The summed E-state index contributed by atoms with van der Waals surface area (Å²) in [5, 5.41) is 1.67. The van der Waals surface area contributed by atoms with E-state index in [-0.39, 0.29) is 5.56 Å². The molecule has 0 radical (unpaired) electrons. The standard InChI is InChI=1S/C20H32F2N2O2S/c1-3-5-18(6-4-2)27(25,26)20(14-11-15(21)13-16(22)12-14)19(23)9-10-24-17-7-8-17/h11-13,17-20,24H,3-10,23H2,1-2H3/t19-,20?/m0/s1. The Morgan fingerprint density at radius 3 is 2.11 bits per heavy atom. The molecular weight excluding hydrogens is 370 g/mol. The lowest BCUT2D eigenvalue weighted by molar-refractivity contribution is 0.496. The SMILES string of the molecule is CCCC(CCC)S(=O)(=O)C(c1cc(F)cc(F)c1)[C@@H](N)CCNC1CC1. The van der Waals surface area contributed by atoms with Crippen LogP contribution in [0.15, 0.2) is 18.2 Å². The molecule has 0 aromatic heterocycles. The summed E-state index contributed by atoms with van der Waals surface area (Å²) in [6, 6.07) is 2.73. The summed E-state index contributed by atoms with van der Waals surface area (Å²) >= 11 is 0. The second-order valence-corrected chi connectivity index (χ2v) is 9.95. The molecule has 1 aliphatic rings. The van der Waals surface area contributed by atoms with E-state index in [1.54, 1.807) is 0 Å². The van der Waals surface area contributed by atoms with E-state index in [0.29, 0.717) is 31.8 Å². The maximum atomic E-state index is 13.8. The first-order chi connectivity index (χ1) is 12.8. The van der Waals surface area contributed by atoms with Crippen molar-refractivity contribution in [3.05, 3.63) is 35.4 Å². The first-order valence-electron chi connectivity index (χ1n) is 9.97. The van der Waals surface area contributed by atoms with Crippen molar-refractivity contribution >= 4 is 9.84 Å². The van der Waals surface area contributed by atoms with Gasteiger partial charge in [0.25, 0.3) is 0 Å². The van der Waals surface area contributed by atoms with Crippen LogP contribution >= 0.6 is 0 Å². The summed E-state index contributed by atoms with van der Waals surface area (Å²) in [5.74, 6) is -1.56. The quantitative estimate of drug-likeness (QED) is 0.557. The zero-order valence-corrected chi connectivity index (χ0v) is 17.1. The van der Waals surface area contributed by atoms with Crippen LogP contribution in [0.3, 0.4) is 0 Å². The number of benzene rings is 1. The number of sulfone groups is 1. The van der Waals surface area contributed by atoms with Crippen molar-refractivity contribution in [2.45, 2.75) is 81.4 Å². The largest absolute Gasteiger partial charge is 0.326 e. The normalized spacial score (nSPS) is 17.3. The summed E-state index contributed by atoms with van der Waals surface area (Å²) in [5.41, 5.74) is 6.42. The van der Waals surface area contributed by atoms with E-state index in [4.69, 9.17) is 5.73 Å². The number of hydrogen-bond acceptors (Lipinski definition) is 4. The van der Waals surface area contributed by atoms with E-state index in [1.807, 2.05) is 13.8 Å². The Hall–Kier alpha value is -1.05. The number of halogens is 2. The molecule has 2 atom stereocenters. The van der Waals surface area contributed by atoms with Gasteiger partial charge in [0.05, 0.1) is 5.25 Å². The van der Waals surface area contributed by atoms with Gasteiger partial charge in [-0.3, -0.25) is 0 Å². The van der Waals surface area contributed by atoms with Gasteiger partial charge >= 0.3 is 0 Å². The Labute approximate surface area is 161 Å². The van der Waals surface area contributed by atoms with Crippen molar-refractivity contribution in [3.8, 4) is 0 Å². The Morgan fingerprint density at radius 2 is 1.63 bits per heavy atom. The molecule has 1 unspecified atom stereocenters. The average molecular weight is 403 g/mol. The molecule has 1 aromatic rings. The highest BCUT2D eigenvalue weighted by atomic mass is 32.2. The van der Waals surface area contributed by atoms with E-state index < -0.39 is 38.0 Å². The van der Waals surface area contributed by atoms with Crippen molar-refractivity contribution in [3.63, 3.8) is 0 Å². The Balaban J connectivity index is 2.33. The fourth-order valence-corrected chi connectivity index (χ4v) is 6.32. The number of nitrogens with one attached hydrogen (secondary N) is 1. The first-order valence-corrected chi connectivity index (χ1v) is 11.6. The molecule has 2 rings (SSSR count). The molecule has 4 nitrogen and oxygen atoms in total. The monoisotopic (exact) mass is 402 g/mol. The smallest absolute Gasteiger partial charge is 0.161 e. The van der Waals surface area contributed by atoms with E-state index in [9.17, 15) is 17.2 Å². The minimum absolute atomic E-state index is 0.114. The van der Waals surface area contributed by atoms with Crippen LogP contribution < -0.4 is 11.1 Å². The molecule has 0 heterocycles. The number of rotatable bonds is 12. The summed E-state index contributed by atoms with van der Waals surface area (Å²) in [6.45, 7) is 4.48. The van der Waals surface area contributed by atoms with Gasteiger partial charge in [0.15, 0.2) is 9.84 Å². The molecule has 0 spiro atoms. The molecule has 1 saturated carbocycles. The summed E-state index contributed by atoms with van der Waals surface area (Å²) in [7, 11) is -3.69. The van der Waals surface area contributed by atoms with Crippen molar-refractivity contribution in [1.82, 2.24) is 5.32 Å². The van der Waals surface area contributed by atoms with Crippen molar-refractivity contribution in [1.29, 1.82) is 0 Å². The van der Waals surface area contributed by atoms with Crippen LogP contribution in [-0.4, -0.2) is 32.3 Å². The molecule has 1 aromatic carbocycles. The van der Waals surface area contributed by atoms with E-state index in [2.05, 4.69) is 5.32 Å². The van der Waals surface area contributed by atoms with Crippen LogP contribution in [0.1, 0.15) is 69.6 Å². The van der Waals surface area contributed by atoms with Crippen LogP contribution in [0.4, 0.5) is 8.78 Å². The van der Waals surface area contributed by atoms with Crippen LogP contribution in [0, 0.1) is 11.6 Å². The molecule has 154 valence electrons. The minimum Gasteiger partial charge on any atom is -0.326 e. The average Bonchev–Trinajstić information content (AvgIpc) is 3.38. The number of hydrogen-bond donors (Lipinski definition) is 2. The molecule has 3 N–H and O–H groups in total. The van der Waals surface area contributed by atoms with E-state index in [1.165, 1.54) is 0 Å². The van der Waals surface area contributed by atoms with Crippen LogP contribution in [-0.2, 0) is 9.84 Å². The fraction of sp³-hybridized carbons (Fsp3) is 0.700. The lowest BCUT2D eigenvalue weighted by Gasteiger charge is -2.29. The lowest BCUT2D eigenvalue weighted by atomic mass is 10.0.